The molecule has 0 saturated carbocycles. The maximum Gasteiger partial charge on any atom is 0.311 e. The lowest BCUT2D eigenvalue weighted by atomic mass is 10.0. The average Bonchev–Trinajstić information content (AvgIpc) is 2.52. The molecule has 0 atom stereocenters. The molecule has 0 aliphatic heterocycles. The van der Waals surface area contributed by atoms with Crippen molar-refractivity contribution in [3.8, 4) is 11.8 Å². The Labute approximate surface area is 126 Å². The number of nitro benzene ring substituents is 1. The van der Waals surface area contributed by atoms with Gasteiger partial charge in [0.05, 0.1) is 23.7 Å². The molecule has 0 aliphatic rings. The lowest BCUT2D eigenvalue weighted by Gasteiger charge is -2.03. The molecule has 0 aliphatic carbocycles. The second-order valence-electron chi connectivity index (χ2n) is 4.37. The van der Waals surface area contributed by atoms with E-state index in [1.165, 1.54) is 43.5 Å². The van der Waals surface area contributed by atoms with Crippen molar-refractivity contribution in [2.24, 2.45) is 0 Å². The van der Waals surface area contributed by atoms with Gasteiger partial charge in [0.1, 0.15) is 5.82 Å². The molecule has 22 heavy (non-hydrogen) atoms. The van der Waals surface area contributed by atoms with Gasteiger partial charge in [0.25, 0.3) is 0 Å². The quantitative estimate of drug-likeness (QED) is 0.372. The van der Waals surface area contributed by atoms with Gasteiger partial charge in [-0.25, -0.2) is 4.39 Å². The zero-order valence-electron chi connectivity index (χ0n) is 11.6. The maximum atomic E-state index is 13.2. The first kappa shape index (κ1) is 15.2. The number of hydrogen-bond acceptors (Lipinski definition) is 4. The van der Waals surface area contributed by atoms with Crippen molar-refractivity contribution in [3.63, 3.8) is 0 Å². The first-order chi connectivity index (χ1) is 10.5. The van der Waals surface area contributed by atoms with E-state index >= 15 is 0 Å². The van der Waals surface area contributed by atoms with Gasteiger partial charge in [-0.1, -0.05) is 18.2 Å². The Morgan fingerprint density at radius 3 is 2.73 bits per heavy atom. The van der Waals surface area contributed by atoms with Gasteiger partial charge in [-0.2, -0.15) is 5.26 Å². The number of allylic oxidation sites excluding steroid dienone is 1. The summed E-state index contributed by atoms with van der Waals surface area (Å²) in [5, 5.41) is 20.2. The molecule has 0 spiro atoms. The minimum absolute atomic E-state index is 0.131. The number of nitro groups is 1. The smallest absolute Gasteiger partial charge is 0.311 e. The number of halogens is 1. The van der Waals surface area contributed by atoms with Crippen LogP contribution < -0.4 is 4.74 Å². The number of rotatable bonds is 4. The predicted octanol–water partition coefficient (Wildman–Crippen LogP) is 3.81. The Morgan fingerprint density at radius 2 is 2.14 bits per heavy atom. The van der Waals surface area contributed by atoms with Crippen LogP contribution in [-0.4, -0.2) is 12.0 Å². The number of benzene rings is 2. The molecule has 0 aromatic heterocycles. The van der Waals surface area contributed by atoms with E-state index in [1.54, 1.807) is 12.1 Å². The van der Waals surface area contributed by atoms with E-state index < -0.39 is 10.7 Å². The summed E-state index contributed by atoms with van der Waals surface area (Å²) in [6.07, 6.45) is 1.46. The van der Waals surface area contributed by atoms with Crippen LogP contribution in [0.3, 0.4) is 0 Å². The molecule has 0 bridgehead atoms. The van der Waals surface area contributed by atoms with Crippen molar-refractivity contribution in [2.45, 2.75) is 0 Å². The van der Waals surface area contributed by atoms with E-state index in [9.17, 15) is 19.8 Å². The highest BCUT2D eigenvalue weighted by Gasteiger charge is 2.15. The van der Waals surface area contributed by atoms with E-state index in [0.717, 1.165) is 0 Å². The second-order valence-corrected chi connectivity index (χ2v) is 4.37. The summed E-state index contributed by atoms with van der Waals surface area (Å²) in [6, 6.07) is 11.9. The summed E-state index contributed by atoms with van der Waals surface area (Å²) < 4.78 is 18.1. The number of nitrogens with zero attached hydrogens (tertiary/aromatic N) is 2. The fourth-order valence-corrected chi connectivity index (χ4v) is 1.94. The highest BCUT2D eigenvalue weighted by molar-refractivity contribution is 5.90. The van der Waals surface area contributed by atoms with Gasteiger partial charge in [-0.3, -0.25) is 10.1 Å². The Morgan fingerprint density at radius 1 is 1.36 bits per heavy atom. The van der Waals surface area contributed by atoms with Crippen LogP contribution in [0.4, 0.5) is 10.1 Å². The maximum absolute atomic E-state index is 13.2. The van der Waals surface area contributed by atoms with Crippen LogP contribution in [0, 0.1) is 27.3 Å². The minimum Gasteiger partial charge on any atom is -0.490 e. The standard InChI is InChI=1S/C16H11FN2O3/c1-22-16-6-5-11(8-15(16)19(20)21)7-13(10-18)12-3-2-4-14(17)9-12/h2-9H,1H3/b13-7-. The topological polar surface area (TPSA) is 76.2 Å². The summed E-state index contributed by atoms with van der Waals surface area (Å²) in [4.78, 5) is 10.4. The highest BCUT2D eigenvalue weighted by Crippen LogP contribution is 2.29. The fraction of sp³-hybridized carbons (Fsp3) is 0.0625. The van der Waals surface area contributed by atoms with Crippen molar-refractivity contribution in [1.82, 2.24) is 0 Å². The zero-order valence-corrected chi connectivity index (χ0v) is 11.6. The summed E-state index contributed by atoms with van der Waals surface area (Å²) in [5.41, 5.74) is 0.862. The monoisotopic (exact) mass is 298 g/mol. The van der Waals surface area contributed by atoms with Crippen molar-refractivity contribution < 1.29 is 14.1 Å². The van der Waals surface area contributed by atoms with Gasteiger partial charge in [0, 0.05) is 6.07 Å². The third kappa shape index (κ3) is 3.27. The Kier molecular flexibility index (Phi) is 4.49. The molecule has 2 aromatic carbocycles. The Hall–Kier alpha value is -3.20. The predicted molar refractivity (Wildman–Crippen MR) is 79.5 cm³/mol. The highest BCUT2D eigenvalue weighted by atomic mass is 19.1. The van der Waals surface area contributed by atoms with Gasteiger partial charge in [-0.15, -0.1) is 0 Å². The second kappa shape index (κ2) is 6.50. The molecule has 6 heteroatoms. The summed E-state index contributed by atoms with van der Waals surface area (Å²) in [5.74, 6) is -0.328. The Bertz CT molecular complexity index is 794. The van der Waals surface area contributed by atoms with Gasteiger partial charge < -0.3 is 4.74 Å². The number of methoxy groups -OCH3 is 1. The van der Waals surface area contributed by atoms with E-state index in [-0.39, 0.29) is 17.0 Å². The van der Waals surface area contributed by atoms with Gasteiger partial charge in [0.15, 0.2) is 5.75 Å². The molecular formula is C16H11FN2O3. The summed E-state index contributed by atoms with van der Waals surface area (Å²) in [6.45, 7) is 0. The molecule has 110 valence electrons. The molecule has 5 nitrogen and oxygen atoms in total. The van der Waals surface area contributed by atoms with Gasteiger partial charge in [0.2, 0.25) is 0 Å². The summed E-state index contributed by atoms with van der Waals surface area (Å²) >= 11 is 0. The molecule has 0 heterocycles. The number of hydrogen-bond donors (Lipinski definition) is 0. The molecule has 2 aromatic rings. The normalized spacial score (nSPS) is 10.9. The fourth-order valence-electron chi connectivity index (χ4n) is 1.94. The molecule has 0 saturated heterocycles. The van der Waals surface area contributed by atoms with Crippen LogP contribution >= 0.6 is 0 Å². The van der Waals surface area contributed by atoms with Crippen LogP contribution in [0.2, 0.25) is 0 Å². The Balaban J connectivity index is 2.49. The molecule has 2 rings (SSSR count). The van der Waals surface area contributed by atoms with E-state index in [2.05, 4.69) is 0 Å². The lowest BCUT2D eigenvalue weighted by Crippen LogP contribution is -1.94. The molecule has 0 amide bonds. The van der Waals surface area contributed by atoms with Crippen molar-refractivity contribution in [3.05, 3.63) is 69.5 Å². The largest absolute Gasteiger partial charge is 0.490 e. The van der Waals surface area contributed by atoms with Crippen molar-refractivity contribution >= 4 is 17.3 Å². The molecular weight excluding hydrogens is 287 g/mol. The third-order valence-corrected chi connectivity index (χ3v) is 2.97. The van der Waals surface area contributed by atoms with Crippen LogP contribution in [0.5, 0.6) is 5.75 Å². The van der Waals surface area contributed by atoms with E-state index in [0.29, 0.717) is 11.1 Å². The van der Waals surface area contributed by atoms with Crippen LogP contribution in [0.15, 0.2) is 42.5 Å². The van der Waals surface area contributed by atoms with Crippen LogP contribution in [0.25, 0.3) is 11.6 Å². The average molecular weight is 298 g/mol. The first-order valence-electron chi connectivity index (χ1n) is 6.25. The van der Waals surface area contributed by atoms with E-state index in [1.807, 2.05) is 6.07 Å². The van der Waals surface area contributed by atoms with Crippen LogP contribution in [-0.2, 0) is 0 Å². The van der Waals surface area contributed by atoms with Gasteiger partial charge in [-0.05, 0) is 35.4 Å². The lowest BCUT2D eigenvalue weighted by molar-refractivity contribution is -0.385. The van der Waals surface area contributed by atoms with E-state index in [4.69, 9.17) is 4.74 Å². The summed E-state index contributed by atoms with van der Waals surface area (Å²) in [7, 11) is 1.34. The van der Waals surface area contributed by atoms with Crippen molar-refractivity contribution in [2.75, 3.05) is 7.11 Å². The SMILES string of the molecule is COc1ccc(/C=C(/C#N)c2cccc(F)c2)cc1[N+](=O)[O-]. The minimum atomic E-state index is -0.565. The molecule has 0 unspecified atom stereocenters. The number of ether oxygens (including phenoxy) is 1. The zero-order chi connectivity index (χ0) is 16.1. The van der Waals surface area contributed by atoms with Gasteiger partial charge >= 0.3 is 5.69 Å². The van der Waals surface area contributed by atoms with Crippen LogP contribution in [0.1, 0.15) is 11.1 Å². The number of nitriles is 1. The molecule has 0 N–H and O–H groups in total. The first-order valence-corrected chi connectivity index (χ1v) is 6.25. The van der Waals surface area contributed by atoms with Crippen molar-refractivity contribution in [1.29, 1.82) is 5.26 Å². The molecule has 0 radical (unpaired) electrons. The molecule has 0 fully saturated rings. The third-order valence-electron chi connectivity index (χ3n) is 2.97.